The summed E-state index contributed by atoms with van der Waals surface area (Å²) < 4.78 is 69.6. The number of hydrogen-bond donors (Lipinski definition) is 1. The Morgan fingerprint density at radius 2 is 1.78 bits per heavy atom. The van der Waals surface area contributed by atoms with Crippen LogP contribution in [-0.2, 0) is 10.0 Å². The lowest BCUT2D eigenvalue weighted by Crippen LogP contribution is -2.19. The molecule has 0 aliphatic heterocycles. The Hall–Kier alpha value is -2.15. The highest BCUT2D eigenvalue weighted by molar-refractivity contribution is 9.09. The maximum absolute atomic E-state index is 15.1. The predicted octanol–water partition coefficient (Wildman–Crippen LogP) is 5.39. The molecule has 1 unspecified atom stereocenters. The van der Waals surface area contributed by atoms with Gasteiger partial charge in [0.25, 0.3) is 10.0 Å². The molecule has 1 atom stereocenters. The van der Waals surface area contributed by atoms with E-state index in [1.54, 1.807) is 11.0 Å². The molecule has 1 heterocycles. The fraction of sp³-hybridized carbons (Fsp3) is 0.105. The van der Waals surface area contributed by atoms with Crippen LogP contribution in [0.3, 0.4) is 0 Å². The van der Waals surface area contributed by atoms with Crippen LogP contribution in [-0.4, -0.2) is 30.4 Å². The third-order valence-electron chi connectivity index (χ3n) is 4.10. The van der Waals surface area contributed by atoms with E-state index in [1.807, 2.05) is 0 Å². The lowest BCUT2D eigenvalue weighted by molar-refractivity contribution is 0.0986. The number of carbonyl (C=O) groups excluding carboxylic acids is 1. The number of aromatic nitrogens is 2. The van der Waals surface area contributed by atoms with Gasteiger partial charge in [-0.3, -0.25) is 9.52 Å². The van der Waals surface area contributed by atoms with Gasteiger partial charge >= 0.3 is 0 Å². The minimum absolute atomic E-state index is 0.0605. The van der Waals surface area contributed by atoms with Crippen LogP contribution in [0.1, 0.15) is 20.9 Å². The summed E-state index contributed by atoms with van der Waals surface area (Å²) in [7, 11) is -4.84. The van der Waals surface area contributed by atoms with Crippen LogP contribution in [0.5, 0.6) is 0 Å². The summed E-state index contributed by atoms with van der Waals surface area (Å²) in [6, 6.07) is 5.82. The van der Waals surface area contributed by atoms with Crippen molar-refractivity contribution >= 4 is 60.8 Å². The van der Waals surface area contributed by atoms with Gasteiger partial charge in [0.05, 0.1) is 28.2 Å². The van der Waals surface area contributed by atoms with Gasteiger partial charge < -0.3 is 0 Å². The summed E-state index contributed by atoms with van der Waals surface area (Å²) in [5.41, 5.74) is -1.08. The number of halogens is 5. The topological polar surface area (TPSA) is 89.0 Å². The van der Waals surface area contributed by atoms with E-state index in [9.17, 15) is 22.0 Å². The first kappa shape index (κ1) is 24.5. The van der Waals surface area contributed by atoms with Gasteiger partial charge in [0.15, 0.2) is 21.7 Å². The number of rotatable bonds is 7. The molecular formula is C19H12BrClF3N3O3S2. The number of hydrogen-bond acceptors (Lipinski definition) is 6. The van der Waals surface area contributed by atoms with E-state index in [4.69, 9.17) is 11.6 Å². The van der Waals surface area contributed by atoms with Crippen molar-refractivity contribution in [3.63, 3.8) is 0 Å². The number of benzene rings is 2. The van der Waals surface area contributed by atoms with E-state index >= 15 is 4.39 Å². The first-order chi connectivity index (χ1) is 15.1. The molecule has 3 aromatic rings. The molecule has 1 aromatic heterocycles. The number of alkyl halides is 1. The second kappa shape index (κ2) is 9.77. The molecule has 0 amide bonds. The van der Waals surface area contributed by atoms with Gasteiger partial charge in [-0.15, -0.1) is 0 Å². The molecule has 0 aliphatic rings. The minimum Gasteiger partial charge on any atom is -0.292 e. The number of nitrogens with one attached hydrogen (secondary N) is 1. The molecule has 0 radical (unpaired) electrons. The number of carbonyl (C=O) groups is 1. The summed E-state index contributed by atoms with van der Waals surface area (Å²) in [6.45, 7) is 0. The van der Waals surface area contributed by atoms with Crippen LogP contribution in [0.15, 0.2) is 52.6 Å². The highest BCUT2D eigenvalue weighted by Gasteiger charge is 2.29. The Balaban J connectivity index is 1.98. The Kier molecular flexibility index (Phi) is 7.48. The molecule has 0 bridgehead atoms. The van der Waals surface area contributed by atoms with Crippen molar-refractivity contribution in [2.75, 3.05) is 11.0 Å². The molecule has 6 nitrogen and oxygen atoms in total. The standard InChI is InChI=1S/C19H12BrClF3N3O3S2/c1-31-19-25-8-10(21)16(26-19)14(20)17(28)9-4-2-7-13(15(9)24)27-32(29,30)18-11(22)5-3-6-12(18)23/h2-8,14,27H,1H3. The molecule has 32 heavy (non-hydrogen) atoms. The van der Waals surface area contributed by atoms with Crippen molar-refractivity contribution < 1.29 is 26.4 Å². The van der Waals surface area contributed by atoms with Gasteiger partial charge in [0.2, 0.25) is 0 Å². The SMILES string of the molecule is CSc1ncc(Cl)c(C(Br)C(=O)c2cccc(NS(=O)(=O)c3c(F)cccc3F)c2F)n1. The van der Waals surface area contributed by atoms with Crippen molar-refractivity contribution in [3.8, 4) is 0 Å². The first-order valence-electron chi connectivity index (χ1n) is 8.57. The summed E-state index contributed by atoms with van der Waals surface area (Å²) in [5, 5.41) is 0.390. The van der Waals surface area contributed by atoms with Crippen LogP contribution in [0.25, 0.3) is 0 Å². The fourth-order valence-electron chi connectivity index (χ4n) is 2.64. The van der Waals surface area contributed by atoms with Gasteiger partial charge in [0, 0.05) is 0 Å². The Morgan fingerprint density at radius 3 is 2.41 bits per heavy atom. The zero-order valence-corrected chi connectivity index (χ0v) is 19.9. The third kappa shape index (κ3) is 4.92. The fourth-order valence-corrected chi connectivity index (χ4v) is 5.11. The molecule has 0 saturated heterocycles. The van der Waals surface area contributed by atoms with Crippen molar-refractivity contribution in [3.05, 3.63) is 76.3 Å². The molecule has 0 fully saturated rings. The van der Waals surface area contributed by atoms with Gasteiger partial charge in [-0.05, 0) is 30.5 Å². The first-order valence-corrected chi connectivity index (χ1v) is 12.6. The molecule has 0 saturated carbocycles. The average molecular weight is 567 g/mol. The number of thioether (sulfide) groups is 1. The van der Waals surface area contributed by atoms with Gasteiger partial charge in [-0.25, -0.2) is 31.6 Å². The van der Waals surface area contributed by atoms with E-state index in [0.29, 0.717) is 5.16 Å². The van der Waals surface area contributed by atoms with Crippen LogP contribution in [0, 0.1) is 17.5 Å². The average Bonchev–Trinajstić information content (AvgIpc) is 2.74. The van der Waals surface area contributed by atoms with Crippen molar-refractivity contribution in [1.82, 2.24) is 9.97 Å². The second-order valence-electron chi connectivity index (χ2n) is 6.14. The van der Waals surface area contributed by atoms with Crippen molar-refractivity contribution in [1.29, 1.82) is 0 Å². The van der Waals surface area contributed by atoms with Gasteiger partial charge in [-0.1, -0.05) is 51.4 Å². The number of anilines is 1. The minimum atomic E-state index is -4.84. The van der Waals surface area contributed by atoms with E-state index in [-0.39, 0.29) is 10.7 Å². The van der Waals surface area contributed by atoms with Crippen LogP contribution in [0.2, 0.25) is 5.02 Å². The molecule has 168 valence electrons. The number of Topliss-reactive ketones (excluding diaryl/α,β-unsaturated/α-hetero) is 1. The summed E-state index contributed by atoms with van der Waals surface area (Å²) in [4.78, 5) is 18.6. The molecule has 0 spiro atoms. The maximum Gasteiger partial charge on any atom is 0.267 e. The lowest BCUT2D eigenvalue weighted by atomic mass is 10.0. The lowest BCUT2D eigenvalue weighted by Gasteiger charge is -2.14. The third-order valence-corrected chi connectivity index (χ3v) is 7.22. The predicted molar refractivity (Wildman–Crippen MR) is 118 cm³/mol. The number of ketones is 1. The molecule has 2 aromatic carbocycles. The van der Waals surface area contributed by atoms with Crippen molar-refractivity contribution in [2.45, 2.75) is 14.9 Å². The van der Waals surface area contributed by atoms with E-state index in [0.717, 1.165) is 30.3 Å². The Bertz CT molecular complexity index is 1290. The smallest absolute Gasteiger partial charge is 0.267 e. The number of sulfonamides is 1. The van der Waals surface area contributed by atoms with E-state index in [1.165, 1.54) is 24.0 Å². The quantitative estimate of drug-likeness (QED) is 0.179. The molecule has 3 rings (SSSR count). The van der Waals surface area contributed by atoms with Gasteiger partial charge in [-0.2, -0.15) is 0 Å². The Morgan fingerprint density at radius 1 is 1.16 bits per heavy atom. The normalized spacial score (nSPS) is 12.4. The molecule has 0 aliphatic carbocycles. The van der Waals surface area contributed by atoms with E-state index in [2.05, 4.69) is 25.9 Å². The summed E-state index contributed by atoms with van der Waals surface area (Å²) >= 11 is 10.4. The maximum atomic E-state index is 15.1. The zero-order chi connectivity index (χ0) is 23.6. The zero-order valence-electron chi connectivity index (χ0n) is 15.9. The monoisotopic (exact) mass is 565 g/mol. The summed E-state index contributed by atoms with van der Waals surface area (Å²) in [5.74, 6) is -4.76. The second-order valence-corrected chi connectivity index (χ2v) is 9.86. The van der Waals surface area contributed by atoms with Crippen LogP contribution >= 0.6 is 39.3 Å². The van der Waals surface area contributed by atoms with Crippen LogP contribution < -0.4 is 4.72 Å². The highest BCUT2D eigenvalue weighted by Crippen LogP contribution is 2.34. The summed E-state index contributed by atoms with van der Waals surface area (Å²) in [6.07, 6.45) is 3.01. The molecular weight excluding hydrogens is 555 g/mol. The van der Waals surface area contributed by atoms with Crippen LogP contribution in [0.4, 0.5) is 18.9 Å². The molecule has 13 heteroatoms. The largest absolute Gasteiger partial charge is 0.292 e. The number of nitrogens with zero attached hydrogens (tertiary/aromatic N) is 2. The highest BCUT2D eigenvalue weighted by atomic mass is 79.9. The molecule has 1 N–H and O–H groups in total. The van der Waals surface area contributed by atoms with E-state index < -0.39 is 54.2 Å². The van der Waals surface area contributed by atoms with Gasteiger partial charge in [0.1, 0.15) is 16.5 Å². The van der Waals surface area contributed by atoms with Crippen molar-refractivity contribution in [2.24, 2.45) is 0 Å². The Labute approximate surface area is 198 Å².